The van der Waals surface area contributed by atoms with E-state index in [9.17, 15) is 19.8 Å². The van der Waals surface area contributed by atoms with Crippen LogP contribution in [0.5, 0.6) is 11.5 Å². The number of aliphatic hydroxyl groups excluding tert-OH is 1. The van der Waals surface area contributed by atoms with Gasteiger partial charge in [-0.1, -0.05) is 19.9 Å². The zero-order valence-electron chi connectivity index (χ0n) is 30.4. The number of anilines is 1. The standard InChI is InChI=1S/C37H47FN6O7/c1-21(2)29-31(24(11-10-16-45)14-15-39-29)44-34-26(17-27(38)30(40-34)25-12-9-13-28(32(25)46)50-20-49-8)33(41-35(44)47)42-18-23(4)43(19-22(42)3)36(48)51-37(5,6)7/h9,12-15,17,21-23,45-46H,10-11,16,18-20H2,1-8H3/t22-,23+/m0/s1. The SMILES string of the molecule is COCOc1cccc(-c2nc3c(cc2F)c(N2C[C@@H](C)N(C(=O)OC(C)(C)C)C[C@@H]2C)nc(=O)n3-c2c(CCCO)ccnc2C(C)C)c1O. The fourth-order valence-electron chi connectivity index (χ4n) is 6.33. The molecule has 1 fully saturated rings. The van der Waals surface area contributed by atoms with Crippen LogP contribution in [0.3, 0.4) is 0 Å². The lowest BCUT2D eigenvalue weighted by molar-refractivity contribution is 0.0130. The van der Waals surface area contributed by atoms with Gasteiger partial charge in [0.25, 0.3) is 0 Å². The molecule has 51 heavy (non-hydrogen) atoms. The van der Waals surface area contributed by atoms with Crippen LogP contribution in [0.15, 0.2) is 41.3 Å². The van der Waals surface area contributed by atoms with E-state index in [1.54, 1.807) is 44.0 Å². The number of hydrogen-bond donors (Lipinski definition) is 2. The van der Waals surface area contributed by atoms with E-state index in [1.165, 1.54) is 29.9 Å². The van der Waals surface area contributed by atoms with Crippen molar-refractivity contribution in [1.82, 2.24) is 24.4 Å². The van der Waals surface area contributed by atoms with Gasteiger partial charge >= 0.3 is 11.8 Å². The van der Waals surface area contributed by atoms with Gasteiger partial charge in [-0.05, 0) is 83.2 Å². The van der Waals surface area contributed by atoms with Crippen LogP contribution in [-0.4, -0.2) is 92.0 Å². The minimum absolute atomic E-state index is 0.0455. The number of methoxy groups -OCH3 is 1. The fourth-order valence-corrected chi connectivity index (χ4v) is 6.33. The number of piperazine rings is 1. The van der Waals surface area contributed by atoms with Crippen molar-refractivity contribution in [2.45, 2.75) is 84.9 Å². The maximum atomic E-state index is 16.4. The molecule has 0 bridgehead atoms. The van der Waals surface area contributed by atoms with E-state index < -0.39 is 23.2 Å². The van der Waals surface area contributed by atoms with Crippen LogP contribution < -0.4 is 15.3 Å². The third kappa shape index (κ3) is 7.76. The molecule has 0 radical (unpaired) electrons. The number of phenolic OH excluding ortho intramolecular Hbond substituents is 1. The summed E-state index contributed by atoms with van der Waals surface area (Å²) in [7, 11) is 1.44. The van der Waals surface area contributed by atoms with E-state index in [0.717, 1.165) is 5.56 Å². The molecule has 2 atom stereocenters. The van der Waals surface area contributed by atoms with Gasteiger partial charge in [0.1, 0.15) is 17.1 Å². The number of rotatable bonds is 10. The molecule has 1 amide bonds. The number of benzene rings is 1. The van der Waals surface area contributed by atoms with E-state index in [4.69, 9.17) is 19.2 Å². The first kappa shape index (κ1) is 37.4. The molecule has 0 unspecified atom stereocenters. The summed E-state index contributed by atoms with van der Waals surface area (Å²) in [6.45, 7) is 13.4. The predicted molar refractivity (Wildman–Crippen MR) is 191 cm³/mol. The molecule has 2 N–H and O–H groups in total. The van der Waals surface area contributed by atoms with Crippen molar-refractivity contribution in [3.8, 4) is 28.4 Å². The summed E-state index contributed by atoms with van der Waals surface area (Å²) >= 11 is 0. The Balaban J connectivity index is 1.77. The number of phenols is 1. The van der Waals surface area contributed by atoms with Crippen molar-refractivity contribution in [2.24, 2.45) is 0 Å². The third-order valence-corrected chi connectivity index (χ3v) is 8.68. The van der Waals surface area contributed by atoms with Crippen molar-refractivity contribution in [3.05, 3.63) is 64.1 Å². The summed E-state index contributed by atoms with van der Waals surface area (Å²) in [6, 6.07) is 7.00. The lowest BCUT2D eigenvalue weighted by atomic mass is 10.0. The molecule has 0 saturated carbocycles. The number of aryl methyl sites for hydroxylation is 1. The van der Waals surface area contributed by atoms with Crippen molar-refractivity contribution in [2.75, 3.05) is 38.5 Å². The second-order valence-electron chi connectivity index (χ2n) is 14.1. The molecular formula is C37H47FN6O7. The highest BCUT2D eigenvalue weighted by atomic mass is 19.1. The first-order chi connectivity index (χ1) is 24.2. The molecule has 4 heterocycles. The molecule has 13 nitrogen and oxygen atoms in total. The topological polar surface area (TPSA) is 152 Å². The molecule has 1 saturated heterocycles. The van der Waals surface area contributed by atoms with Crippen molar-refractivity contribution in [1.29, 1.82) is 0 Å². The number of ether oxygens (including phenoxy) is 3. The van der Waals surface area contributed by atoms with Crippen LogP contribution in [-0.2, 0) is 15.9 Å². The normalized spacial score (nSPS) is 16.6. The average Bonchev–Trinajstić information content (AvgIpc) is 3.06. The van der Waals surface area contributed by atoms with Gasteiger partial charge in [-0.2, -0.15) is 4.98 Å². The Hall–Kier alpha value is -4.82. The monoisotopic (exact) mass is 706 g/mol. The minimum atomic E-state index is -0.765. The number of fused-ring (bicyclic) bond motifs is 1. The molecule has 1 aromatic carbocycles. The van der Waals surface area contributed by atoms with Gasteiger partial charge < -0.3 is 34.2 Å². The van der Waals surface area contributed by atoms with Crippen LogP contribution in [0.25, 0.3) is 28.0 Å². The Labute approximate surface area is 296 Å². The smallest absolute Gasteiger partial charge is 0.410 e. The number of aromatic hydroxyl groups is 1. The van der Waals surface area contributed by atoms with E-state index >= 15 is 4.39 Å². The number of nitrogens with zero attached hydrogens (tertiary/aromatic N) is 6. The quantitative estimate of drug-likeness (QED) is 0.200. The highest BCUT2D eigenvalue weighted by Gasteiger charge is 2.37. The molecule has 14 heteroatoms. The maximum Gasteiger partial charge on any atom is 0.410 e. The van der Waals surface area contributed by atoms with Crippen LogP contribution in [0.1, 0.15) is 72.1 Å². The predicted octanol–water partition coefficient (Wildman–Crippen LogP) is 5.55. The van der Waals surface area contributed by atoms with Gasteiger partial charge in [0.2, 0.25) is 0 Å². The zero-order valence-corrected chi connectivity index (χ0v) is 30.4. The van der Waals surface area contributed by atoms with Gasteiger partial charge in [0, 0.05) is 50.7 Å². The summed E-state index contributed by atoms with van der Waals surface area (Å²) in [5, 5.41) is 21.1. The van der Waals surface area contributed by atoms with E-state index in [-0.39, 0.29) is 84.1 Å². The Morgan fingerprint density at radius 2 is 1.86 bits per heavy atom. The number of para-hydroxylation sites is 1. The lowest BCUT2D eigenvalue weighted by Gasteiger charge is -2.44. The molecule has 5 rings (SSSR count). The van der Waals surface area contributed by atoms with Gasteiger partial charge in [-0.3, -0.25) is 4.98 Å². The lowest BCUT2D eigenvalue weighted by Crippen LogP contribution is -2.59. The van der Waals surface area contributed by atoms with Crippen LogP contribution in [0.2, 0.25) is 0 Å². The van der Waals surface area contributed by atoms with E-state index in [0.29, 0.717) is 24.2 Å². The van der Waals surface area contributed by atoms with Crippen LogP contribution >= 0.6 is 0 Å². The number of pyridine rings is 2. The summed E-state index contributed by atoms with van der Waals surface area (Å²) < 4.78 is 33.9. The number of aromatic nitrogens is 4. The first-order valence-corrected chi connectivity index (χ1v) is 17.1. The molecule has 274 valence electrons. The Bertz CT molecular complexity index is 1960. The number of carbonyl (C=O) groups excluding carboxylic acids is 1. The third-order valence-electron chi connectivity index (χ3n) is 8.68. The zero-order chi connectivity index (χ0) is 37.2. The van der Waals surface area contributed by atoms with Gasteiger partial charge in [0.15, 0.2) is 29.8 Å². The highest BCUT2D eigenvalue weighted by molar-refractivity contribution is 5.91. The first-order valence-electron chi connectivity index (χ1n) is 17.1. The van der Waals surface area contributed by atoms with Crippen LogP contribution in [0, 0.1) is 5.82 Å². The Morgan fingerprint density at radius 1 is 1.12 bits per heavy atom. The largest absolute Gasteiger partial charge is 0.504 e. The highest BCUT2D eigenvalue weighted by Crippen LogP contribution is 2.40. The summed E-state index contributed by atoms with van der Waals surface area (Å²) in [5.74, 6) is -0.970. The molecular weight excluding hydrogens is 659 g/mol. The second-order valence-corrected chi connectivity index (χ2v) is 14.1. The number of aliphatic hydroxyl groups is 1. The van der Waals surface area contributed by atoms with E-state index in [2.05, 4.69) is 9.97 Å². The van der Waals surface area contributed by atoms with Crippen molar-refractivity contribution >= 4 is 22.9 Å². The molecule has 3 aromatic heterocycles. The van der Waals surface area contributed by atoms with Gasteiger partial charge in [-0.15, -0.1) is 0 Å². The molecule has 0 spiro atoms. The molecule has 0 aliphatic carbocycles. The number of amides is 1. The Morgan fingerprint density at radius 3 is 2.53 bits per heavy atom. The van der Waals surface area contributed by atoms with Gasteiger partial charge in [-0.25, -0.2) is 23.5 Å². The minimum Gasteiger partial charge on any atom is -0.504 e. The number of carbonyl (C=O) groups is 1. The van der Waals surface area contributed by atoms with E-state index in [1.807, 2.05) is 32.6 Å². The second kappa shape index (κ2) is 15.2. The molecule has 1 aliphatic rings. The van der Waals surface area contributed by atoms with Crippen molar-refractivity contribution < 1.29 is 33.6 Å². The summed E-state index contributed by atoms with van der Waals surface area (Å²) in [5.41, 5.74) is 0.373. The maximum absolute atomic E-state index is 16.4. The fraction of sp³-hybridized carbons (Fsp3) is 0.486. The molecule has 1 aliphatic heterocycles. The summed E-state index contributed by atoms with van der Waals surface area (Å²) in [4.78, 5) is 45.1. The van der Waals surface area contributed by atoms with Crippen LogP contribution in [0.4, 0.5) is 15.0 Å². The summed E-state index contributed by atoms with van der Waals surface area (Å²) in [6.07, 6.45) is 2.07. The van der Waals surface area contributed by atoms with Gasteiger partial charge in [0.05, 0.1) is 16.8 Å². The average molecular weight is 707 g/mol. The molecule has 4 aromatic rings. The number of halogens is 1. The number of hydrogen-bond acceptors (Lipinski definition) is 11. The van der Waals surface area contributed by atoms with Crippen molar-refractivity contribution in [3.63, 3.8) is 0 Å². The Kier molecular flexibility index (Phi) is 11.2.